The Morgan fingerprint density at radius 2 is 1.79 bits per heavy atom. The third-order valence-electron chi connectivity index (χ3n) is 4.73. The monoisotopic (exact) mass is 485 g/mol. The molecule has 2 aromatic rings. The van der Waals surface area contributed by atoms with Crippen molar-refractivity contribution in [2.75, 3.05) is 13.7 Å². The second-order valence-corrected chi connectivity index (χ2v) is 7.65. The van der Waals surface area contributed by atoms with E-state index in [2.05, 4.69) is 5.32 Å². The summed E-state index contributed by atoms with van der Waals surface area (Å²) in [6.07, 6.45) is -5.57. The molecular weight excluding hydrogens is 458 g/mol. The van der Waals surface area contributed by atoms with Crippen molar-refractivity contribution in [2.24, 2.45) is 0 Å². The Hall–Kier alpha value is -3.14. The number of ether oxygens (including phenoxy) is 3. The van der Waals surface area contributed by atoms with Gasteiger partial charge in [-0.25, -0.2) is 9.18 Å². The smallest absolute Gasteiger partial charge is 0.416 e. The molecule has 0 aromatic heterocycles. The van der Waals surface area contributed by atoms with Crippen LogP contribution in [0.15, 0.2) is 36.4 Å². The SMILES string of the molecule is CCOC(=O)C(Cc1ccc(OC)c(CNC(=O)c2ccc(C(F)(F)F)cc2F)c1)OC(C)C. The molecule has 2 aromatic carbocycles. The van der Waals surface area contributed by atoms with Gasteiger partial charge in [-0.05, 0) is 50.6 Å². The van der Waals surface area contributed by atoms with Crippen LogP contribution in [0.1, 0.15) is 47.8 Å². The molecule has 2 rings (SSSR count). The van der Waals surface area contributed by atoms with Crippen molar-refractivity contribution < 1.29 is 41.4 Å². The number of halogens is 4. The number of hydrogen-bond donors (Lipinski definition) is 1. The van der Waals surface area contributed by atoms with Crippen LogP contribution >= 0.6 is 0 Å². The van der Waals surface area contributed by atoms with Gasteiger partial charge in [0.05, 0.1) is 30.9 Å². The molecule has 1 N–H and O–H groups in total. The summed E-state index contributed by atoms with van der Waals surface area (Å²) in [5, 5.41) is 2.48. The number of esters is 1. The molecule has 0 saturated carbocycles. The van der Waals surface area contributed by atoms with Crippen LogP contribution in [0.25, 0.3) is 0 Å². The first-order valence-electron chi connectivity index (χ1n) is 10.6. The van der Waals surface area contributed by atoms with Gasteiger partial charge < -0.3 is 19.5 Å². The minimum Gasteiger partial charge on any atom is -0.496 e. The minimum absolute atomic E-state index is 0.0918. The number of hydrogen-bond acceptors (Lipinski definition) is 5. The van der Waals surface area contributed by atoms with E-state index in [0.29, 0.717) is 22.9 Å². The summed E-state index contributed by atoms with van der Waals surface area (Å²) >= 11 is 0. The molecular formula is C24H27F4NO5. The fourth-order valence-electron chi connectivity index (χ4n) is 3.21. The summed E-state index contributed by atoms with van der Waals surface area (Å²) in [4.78, 5) is 24.6. The zero-order chi connectivity index (χ0) is 25.5. The highest BCUT2D eigenvalue weighted by Crippen LogP contribution is 2.30. The van der Waals surface area contributed by atoms with E-state index >= 15 is 0 Å². The van der Waals surface area contributed by atoms with Crippen molar-refractivity contribution >= 4 is 11.9 Å². The van der Waals surface area contributed by atoms with Crippen molar-refractivity contribution in [1.29, 1.82) is 0 Å². The van der Waals surface area contributed by atoms with Crippen LogP contribution in [0.2, 0.25) is 0 Å². The fourth-order valence-corrected chi connectivity index (χ4v) is 3.21. The molecule has 34 heavy (non-hydrogen) atoms. The normalized spacial score (nSPS) is 12.4. The summed E-state index contributed by atoms with van der Waals surface area (Å²) in [6.45, 7) is 5.39. The number of nitrogens with one attached hydrogen (secondary N) is 1. The van der Waals surface area contributed by atoms with Gasteiger partial charge in [0.15, 0.2) is 6.10 Å². The van der Waals surface area contributed by atoms with Crippen molar-refractivity contribution in [3.8, 4) is 5.75 Å². The largest absolute Gasteiger partial charge is 0.496 e. The summed E-state index contributed by atoms with van der Waals surface area (Å²) in [6, 6.07) is 6.78. The van der Waals surface area contributed by atoms with E-state index in [1.165, 1.54) is 7.11 Å². The lowest BCUT2D eigenvalue weighted by atomic mass is 10.0. The van der Waals surface area contributed by atoms with Gasteiger partial charge in [-0.2, -0.15) is 13.2 Å². The first-order chi connectivity index (χ1) is 16.0. The van der Waals surface area contributed by atoms with E-state index in [1.807, 2.05) is 0 Å². The minimum atomic E-state index is -4.72. The van der Waals surface area contributed by atoms with Gasteiger partial charge in [0.2, 0.25) is 0 Å². The van der Waals surface area contributed by atoms with Gasteiger partial charge in [-0.1, -0.05) is 12.1 Å². The first kappa shape index (κ1) is 27.1. The third-order valence-corrected chi connectivity index (χ3v) is 4.73. The Morgan fingerprint density at radius 3 is 2.35 bits per heavy atom. The molecule has 0 aliphatic heterocycles. The van der Waals surface area contributed by atoms with Crippen LogP contribution < -0.4 is 10.1 Å². The number of rotatable bonds is 10. The average molecular weight is 485 g/mol. The van der Waals surface area contributed by atoms with E-state index in [1.54, 1.807) is 39.0 Å². The quantitative estimate of drug-likeness (QED) is 0.391. The van der Waals surface area contributed by atoms with Gasteiger partial charge in [0.25, 0.3) is 5.91 Å². The number of carbonyl (C=O) groups excluding carboxylic acids is 2. The number of methoxy groups -OCH3 is 1. The molecule has 1 unspecified atom stereocenters. The molecule has 186 valence electrons. The van der Waals surface area contributed by atoms with Crippen LogP contribution in [0.4, 0.5) is 17.6 Å². The van der Waals surface area contributed by atoms with Gasteiger partial charge in [-0.3, -0.25) is 4.79 Å². The molecule has 6 nitrogen and oxygen atoms in total. The summed E-state index contributed by atoms with van der Waals surface area (Å²) in [5.41, 5.74) is -0.483. The van der Waals surface area contributed by atoms with E-state index in [-0.39, 0.29) is 31.7 Å². The van der Waals surface area contributed by atoms with Crippen LogP contribution in [0.3, 0.4) is 0 Å². The van der Waals surface area contributed by atoms with Gasteiger partial charge in [-0.15, -0.1) is 0 Å². The number of benzene rings is 2. The zero-order valence-electron chi connectivity index (χ0n) is 19.3. The second-order valence-electron chi connectivity index (χ2n) is 7.65. The van der Waals surface area contributed by atoms with Gasteiger partial charge in [0.1, 0.15) is 11.6 Å². The maximum absolute atomic E-state index is 14.1. The highest BCUT2D eigenvalue weighted by Gasteiger charge is 2.31. The highest BCUT2D eigenvalue weighted by molar-refractivity contribution is 5.94. The Kier molecular flexibility index (Phi) is 9.43. The van der Waals surface area contributed by atoms with E-state index < -0.39 is 41.1 Å². The Morgan fingerprint density at radius 1 is 1.09 bits per heavy atom. The van der Waals surface area contributed by atoms with Crippen LogP contribution in [-0.2, 0) is 33.4 Å². The molecule has 0 fully saturated rings. The van der Waals surface area contributed by atoms with Gasteiger partial charge >= 0.3 is 12.1 Å². The number of alkyl halides is 3. The Labute approximate surface area is 195 Å². The van der Waals surface area contributed by atoms with Crippen LogP contribution in [0.5, 0.6) is 5.75 Å². The first-order valence-corrected chi connectivity index (χ1v) is 10.6. The molecule has 0 aliphatic carbocycles. The third kappa shape index (κ3) is 7.44. The number of carbonyl (C=O) groups is 2. The molecule has 10 heteroatoms. The summed E-state index contributed by atoms with van der Waals surface area (Å²) in [5.74, 6) is -2.24. The van der Waals surface area contributed by atoms with Crippen molar-refractivity contribution in [3.63, 3.8) is 0 Å². The topological polar surface area (TPSA) is 73.9 Å². The molecule has 0 aliphatic rings. The Bertz CT molecular complexity index is 1010. The van der Waals surface area contributed by atoms with Gasteiger partial charge in [0, 0.05) is 18.5 Å². The van der Waals surface area contributed by atoms with Crippen molar-refractivity contribution in [1.82, 2.24) is 5.32 Å². The predicted octanol–water partition coefficient (Wildman–Crippen LogP) is 4.68. The standard InChI is InChI=1S/C24H27F4NO5/c1-5-33-23(31)21(34-14(2)3)11-15-6-9-20(32-4)16(10-15)13-29-22(30)18-8-7-17(12-19(18)25)24(26,27)28/h6-10,12,14,21H,5,11,13H2,1-4H3,(H,29,30). The van der Waals surface area contributed by atoms with E-state index in [4.69, 9.17) is 14.2 Å². The summed E-state index contributed by atoms with van der Waals surface area (Å²) in [7, 11) is 1.43. The summed E-state index contributed by atoms with van der Waals surface area (Å²) < 4.78 is 68.3. The maximum Gasteiger partial charge on any atom is 0.416 e. The average Bonchev–Trinajstić information content (AvgIpc) is 2.76. The lowest BCUT2D eigenvalue weighted by Crippen LogP contribution is -2.31. The molecule has 0 bridgehead atoms. The van der Waals surface area contributed by atoms with Crippen molar-refractivity contribution in [3.05, 3.63) is 64.5 Å². The lowest BCUT2D eigenvalue weighted by Gasteiger charge is -2.20. The Balaban J connectivity index is 2.18. The molecule has 0 saturated heterocycles. The van der Waals surface area contributed by atoms with E-state index in [9.17, 15) is 27.2 Å². The highest BCUT2D eigenvalue weighted by atomic mass is 19.4. The number of amides is 1. The van der Waals surface area contributed by atoms with Crippen LogP contribution in [0, 0.1) is 5.82 Å². The van der Waals surface area contributed by atoms with Crippen molar-refractivity contribution in [2.45, 2.75) is 52.1 Å². The zero-order valence-corrected chi connectivity index (χ0v) is 19.3. The molecule has 0 spiro atoms. The molecule has 1 amide bonds. The second kappa shape index (κ2) is 11.8. The maximum atomic E-state index is 14.1. The molecule has 1 atom stereocenters. The molecule has 0 heterocycles. The van der Waals surface area contributed by atoms with E-state index in [0.717, 1.165) is 6.07 Å². The fraction of sp³-hybridized carbons (Fsp3) is 0.417. The van der Waals surface area contributed by atoms with Crippen LogP contribution in [-0.4, -0.2) is 37.8 Å². The molecule has 0 radical (unpaired) electrons. The lowest BCUT2D eigenvalue weighted by molar-refractivity contribution is -0.159. The predicted molar refractivity (Wildman–Crippen MR) is 116 cm³/mol.